The zero-order valence-electron chi connectivity index (χ0n) is 11.3. The molecule has 0 aliphatic rings. The van der Waals surface area contributed by atoms with E-state index in [2.05, 4.69) is 15.3 Å². The molecule has 2 heterocycles. The molecule has 6 heteroatoms. The second-order valence-electron chi connectivity index (χ2n) is 4.53. The van der Waals surface area contributed by atoms with Crippen molar-refractivity contribution in [2.45, 2.75) is 6.54 Å². The first-order chi connectivity index (χ1) is 10.2. The van der Waals surface area contributed by atoms with E-state index in [0.29, 0.717) is 23.8 Å². The Kier molecular flexibility index (Phi) is 3.42. The minimum Gasteiger partial charge on any atom is -0.463 e. The molecule has 3 rings (SSSR count). The molecular weight excluding hydrogens is 266 g/mol. The number of para-hydroxylation sites is 1. The van der Waals surface area contributed by atoms with Crippen LogP contribution in [0, 0.1) is 0 Å². The number of anilines is 3. The molecule has 0 fully saturated rings. The maximum atomic E-state index is 5.91. The summed E-state index contributed by atoms with van der Waals surface area (Å²) < 4.78 is 5.32. The van der Waals surface area contributed by atoms with E-state index in [-0.39, 0.29) is 5.95 Å². The molecule has 2 aromatic heterocycles. The Morgan fingerprint density at radius 3 is 2.67 bits per heavy atom. The SMILES string of the molecule is Nc1nc(NCc2ccccc2N)cc(-c2ccco2)n1. The highest BCUT2D eigenvalue weighted by molar-refractivity contribution is 5.59. The van der Waals surface area contributed by atoms with Crippen molar-refractivity contribution < 1.29 is 4.42 Å². The Labute approximate surface area is 121 Å². The number of aromatic nitrogens is 2. The van der Waals surface area contributed by atoms with Gasteiger partial charge < -0.3 is 21.2 Å². The van der Waals surface area contributed by atoms with Gasteiger partial charge in [-0.25, -0.2) is 4.98 Å². The Morgan fingerprint density at radius 2 is 1.90 bits per heavy atom. The molecule has 0 unspecified atom stereocenters. The first kappa shape index (κ1) is 13.0. The van der Waals surface area contributed by atoms with Crippen LogP contribution in [0.25, 0.3) is 11.5 Å². The summed E-state index contributed by atoms with van der Waals surface area (Å²) in [5, 5.41) is 3.19. The Balaban J connectivity index is 1.81. The molecule has 0 aliphatic heterocycles. The summed E-state index contributed by atoms with van der Waals surface area (Å²) in [4.78, 5) is 8.32. The van der Waals surface area contributed by atoms with Gasteiger partial charge in [0, 0.05) is 18.3 Å². The highest BCUT2D eigenvalue weighted by atomic mass is 16.3. The number of benzene rings is 1. The average molecular weight is 281 g/mol. The van der Waals surface area contributed by atoms with Crippen molar-refractivity contribution in [3.05, 3.63) is 54.3 Å². The van der Waals surface area contributed by atoms with E-state index in [0.717, 1.165) is 11.3 Å². The number of hydrogen-bond acceptors (Lipinski definition) is 6. The molecule has 21 heavy (non-hydrogen) atoms. The molecule has 5 N–H and O–H groups in total. The molecule has 0 saturated heterocycles. The fraction of sp³-hybridized carbons (Fsp3) is 0.0667. The predicted octanol–water partition coefficient (Wildman–Crippen LogP) is 2.51. The lowest BCUT2D eigenvalue weighted by atomic mass is 10.2. The number of rotatable bonds is 4. The summed E-state index contributed by atoms with van der Waals surface area (Å²) in [7, 11) is 0. The molecule has 0 saturated carbocycles. The molecule has 0 amide bonds. The minimum atomic E-state index is 0.187. The Hall–Kier alpha value is -3.02. The van der Waals surface area contributed by atoms with Crippen LogP contribution in [0.2, 0.25) is 0 Å². The van der Waals surface area contributed by atoms with Gasteiger partial charge in [-0.05, 0) is 23.8 Å². The zero-order chi connectivity index (χ0) is 14.7. The van der Waals surface area contributed by atoms with Crippen molar-refractivity contribution in [2.75, 3.05) is 16.8 Å². The van der Waals surface area contributed by atoms with Gasteiger partial charge >= 0.3 is 0 Å². The van der Waals surface area contributed by atoms with E-state index in [4.69, 9.17) is 15.9 Å². The maximum Gasteiger partial charge on any atom is 0.222 e. The number of hydrogen-bond donors (Lipinski definition) is 3. The highest BCUT2D eigenvalue weighted by Gasteiger charge is 2.07. The Morgan fingerprint density at radius 1 is 1.05 bits per heavy atom. The third-order valence-corrected chi connectivity index (χ3v) is 3.03. The smallest absolute Gasteiger partial charge is 0.222 e. The van der Waals surface area contributed by atoms with Crippen molar-refractivity contribution in [2.24, 2.45) is 0 Å². The average Bonchev–Trinajstić information content (AvgIpc) is 3.00. The molecule has 0 spiro atoms. The minimum absolute atomic E-state index is 0.187. The number of nitrogens with zero attached hydrogens (tertiary/aromatic N) is 2. The van der Waals surface area contributed by atoms with Gasteiger partial charge in [0.05, 0.1) is 6.26 Å². The lowest BCUT2D eigenvalue weighted by Crippen LogP contribution is -2.06. The van der Waals surface area contributed by atoms with Crippen molar-refractivity contribution in [1.82, 2.24) is 9.97 Å². The third kappa shape index (κ3) is 2.94. The lowest BCUT2D eigenvalue weighted by molar-refractivity contribution is 0.580. The highest BCUT2D eigenvalue weighted by Crippen LogP contribution is 2.21. The molecule has 0 bridgehead atoms. The van der Waals surface area contributed by atoms with Crippen LogP contribution in [0.1, 0.15) is 5.56 Å². The van der Waals surface area contributed by atoms with E-state index < -0.39 is 0 Å². The molecular formula is C15H15N5O. The number of nitrogen functional groups attached to an aromatic ring is 2. The first-order valence-electron chi connectivity index (χ1n) is 6.48. The van der Waals surface area contributed by atoms with Gasteiger partial charge in [-0.15, -0.1) is 0 Å². The van der Waals surface area contributed by atoms with Crippen molar-refractivity contribution in [1.29, 1.82) is 0 Å². The van der Waals surface area contributed by atoms with Crippen molar-refractivity contribution >= 4 is 17.5 Å². The topological polar surface area (TPSA) is 103 Å². The van der Waals surface area contributed by atoms with Crippen LogP contribution >= 0.6 is 0 Å². The number of nitrogens with two attached hydrogens (primary N) is 2. The van der Waals surface area contributed by atoms with E-state index >= 15 is 0 Å². The monoisotopic (exact) mass is 281 g/mol. The quantitative estimate of drug-likeness (QED) is 0.635. The third-order valence-electron chi connectivity index (χ3n) is 3.03. The summed E-state index contributed by atoms with van der Waals surface area (Å²) in [5.41, 5.74) is 14.0. The van der Waals surface area contributed by atoms with Crippen LogP contribution in [0.5, 0.6) is 0 Å². The van der Waals surface area contributed by atoms with Gasteiger partial charge in [0.25, 0.3) is 0 Å². The zero-order valence-corrected chi connectivity index (χ0v) is 11.3. The van der Waals surface area contributed by atoms with Crippen LogP contribution in [0.3, 0.4) is 0 Å². The van der Waals surface area contributed by atoms with Crippen molar-refractivity contribution in [3.63, 3.8) is 0 Å². The Bertz CT molecular complexity index is 740. The summed E-state index contributed by atoms with van der Waals surface area (Å²) >= 11 is 0. The molecule has 6 nitrogen and oxygen atoms in total. The van der Waals surface area contributed by atoms with E-state index in [1.165, 1.54) is 0 Å². The number of nitrogens with one attached hydrogen (secondary N) is 1. The lowest BCUT2D eigenvalue weighted by Gasteiger charge is -2.09. The fourth-order valence-electron chi connectivity index (χ4n) is 1.99. The second-order valence-corrected chi connectivity index (χ2v) is 4.53. The summed E-state index contributed by atoms with van der Waals surface area (Å²) in [5.74, 6) is 1.45. The normalized spacial score (nSPS) is 10.5. The van der Waals surface area contributed by atoms with Gasteiger partial charge in [-0.1, -0.05) is 18.2 Å². The summed E-state index contributed by atoms with van der Waals surface area (Å²) in [6.45, 7) is 0.556. The van der Waals surface area contributed by atoms with Crippen LogP contribution in [0.4, 0.5) is 17.5 Å². The molecule has 0 radical (unpaired) electrons. The second kappa shape index (κ2) is 5.54. The van der Waals surface area contributed by atoms with Gasteiger partial charge in [-0.3, -0.25) is 0 Å². The molecule has 106 valence electrons. The van der Waals surface area contributed by atoms with Gasteiger partial charge in [0.1, 0.15) is 11.5 Å². The van der Waals surface area contributed by atoms with Gasteiger partial charge in [-0.2, -0.15) is 4.98 Å². The van der Waals surface area contributed by atoms with Crippen LogP contribution in [0.15, 0.2) is 53.1 Å². The van der Waals surface area contributed by atoms with Gasteiger partial charge in [0.15, 0.2) is 5.76 Å². The van der Waals surface area contributed by atoms with Crippen LogP contribution in [-0.2, 0) is 6.54 Å². The van der Waals surface area contributed by atoms with Gasteiger partial charge in [0.2, 0.25) is 5.95 Å². The molecule has 3 aromatic rings. The summed E-state index contributed by atoms with van der Waals surface area (Å²) in [6, 6.07) is 13.1. The maximum absolute atomic E-state index is 5.91. The molecule has 1 aromatic carbocycles. The predicted molar refractivity (Wildman–Crippen MR) is 82.3 cm³/mol. The number of furan rings is 1. The van der Waals surface area contributed by atoms with Crippen molar-refractivity contribution in [3.8, 4) is 11.5 Å². The first-order valence-corrected chi connectivity index (χ1v) is 6.48. The van der Waals surface area contributed by atoms with Crippen LogP contribution < -0.4 is 16.8 Å². The standard InChI is InChI=1S/C15H15N5O/c16-11-5-2-1-4-10(11)9-18-14-8-12(19-15(17)20-14)13-6-3-7-21-13/h1-8H,9,16H2,(H3,17,18,19,20). The van der Waals surface area contributed by atoms with E-state index in [1.54, 1.807) is 18.4 Å². The van der Waals surface area contributed by atoms with E-state index in [1.807, 2.05) is 30.3 Å². The molecule has 0 aliphatic carbocycles. The van der Waals surface area contributed by atoms with Crippen LogP contribution in [-0.4, -0.2) is 9.97 Å². The summed E-state index contributed by atoms with van der Waals surface area (Å²) in [6.07, 6.45) is 1.59. The fourth-order valence-corrected chi connectivity index (χ4v) is 1.99. The molecule has 0 atom stereocenters. The van der Waals surface area contributed by atoms with E-state index in [9.17, 15) is 0 Å². The largest absolute Gasteiger partial charge is 0.463 e.